The number of carboxylic acids is 1. The van der Waals surface area contributed by atoms with Crippen LogP contribution >= 0.6 is 0 Å². The minimum absolute atomic E-state index is 0.0883. The maximum Gasteiger partial charge on any atom is 0.342 e. The molecular formula is C33H35N2O5+. The summed E-state index contributed by atoms with van der Waals surface area (Å²) in [4.78, 5) is 27.7. The number of hydrogen-bond donors (Lipinski definition) is 1. The first kappa shape index (κ1) is 27.2. The molecule has 2 heterocycles. The lowest BCUT2D eigenvalue weighted by Crippen LogP contribution is -2.28. The van der Waals surface area contributed by atoms with Crippen LogP contribution in [0.3, 0.4) is 0 Å². The smallest absolute Gasteiger partial charge is 0.342 e. The van der Waals surface area contributed by atoms with Crippen LogP contribution in [0.5, 0.6) is 5.75 Å². The molecule has 3 aliphatic rings. The van der Waals surface area contributed by atoms with E-state index in [2.05, 4.69) is 49.3 Å². The largest absolute Gasteiger partial charge is 0.478 e. The van der Waals surface area contributed by atoms with E-state index < -0.39 is 11.9 Å². The molecule has 1 N–H and O–H groups in total. The van der Waals surface area contributed by atoms with E-state index in [0.29, 0.717) is 40.4 Å². The molecule has 2 aromatic carbocycles. The zero-order chi connectivity index (χ0) is 28.4. The molecule has 0 aromatic heterocycles. The highest BCUT2D eigenvalue weighted by Crippen LogP contribution is 2.43. The highest BCUT2D eigenvalue weighted by molar-refractivity contribution is 6.03. The van der Waals surface area contributed by atoms with E-state index in [-0.39, 0.29) is 11.5 Å². The summed E-state index contributed by atoms with van der Waals surface area (Å²) in [7, 11) is 0. The summed E-state index contributed by atoms with van der Waals surface area (Å²) in [5.74, 6) is 0.0504. The van der Waals surface area contributed by atoms with Gasteiger partial charge in [-0.15, -0.1) is 0 Å². The average Bonchev–Trinajstić information content (AvgIpc) is 2.97. The van der Waals surface area contributed by atoms with Crippen molar-refractivity contribution in [3.63, 3.8) is 0 Å². The van der Waals surface area contributed by atoms with Crippen LogP contribution in [-0.4, -0.2) is 53.5 Å². The lowest BCUT2D eigenvalue weighted by atomic mass is 9.87. The maximum absolute atomic E-state index is 13.4. The van der Waals surface area contributed by atoms with E-state index in [9.17, 15) is 14.7 Å². The van der Waals surface area contributed by atoms with E-state index >= 15 is 0 Å². The fraction of sp³-hybridized carbons (Fsp3) is 0.303. The Morgan fingerprint density at radius 2 is 1.75 bits per heavy atom. The number of carboxylic acid groups (broad SMARTS) is 1. The van der Waals surface area contributed by atoms with Crippen molar-refractivity contribution in [1.29, 1.82) is 0 Å². The number of esters is 1. The number of carbonyl (C=O) groups is 2. The van der Waals surface area contributed by atoms with E-state index in [4.69, 9.17) is 9.47 Å². The SMILES string of the molecule is CCN(CC)c1ccc2c(c1)O/C(=C1\CC3C=CC(=[N+](CC)CC)C=C3OC1=O)C=C2c1ccccc1C(=O)O. The molecule has 2 aromatic rings. The summed E-state index contributed by atoms with van der Waals surface area (Å²) in [6.07, 6.45) is 8.33. The fourth-order valence-corrected chi connectivity index (χ4v) is 5.58. The standard InChI is InChI=1S/C33H34N2O5/c1-5-34(6-2)22-14-13-21-17-28(33(38)40-29(21)18-22)31-20-27(24-11-9-10-12-26(24)32(36)37)25-16-15-23(19-30(25)39-31)35(7-3)8-4/h9-16,18-21H,5-8,17H2,1-4H3/p+1/b31-28+. The Morgan fingerprint density at radius 3 is 2.45 bits per heavy atom. The van der Waals surface area contributed by atoms with Crippen LogP contribution < -0.4 is 9.64 Å². The summed E-state index contributed by atoms with van der Waals surface area (Å²) < 4.78 is 14.5. The van der Waals surface area contributed by atoms with Crippen molar-refractivity contribution in [3.8, 4) is 5.75 Å². The molecule has 0 bridgehead atoms. The zero-order valence-corrected chi connectivity index (χ0v) is 23.4. The van der Waals surface area contributed by atoms with Crippen LogP contribution in [0.25, 0.3) is 5.57 Å². The van der Waals surface area contributed by atoms with Crippen LogP contribution in [0.2, 0.25) is 0 Å². The van der Waals surface area contributed by atoms with E-state index in [1.807, 2.05) is 30.3 Å². The van der Waals surface area contributed by atoms with Crippen molar-refractivity contribution < 1.29 is 28.7 Å². The second kappa shape index (κ2) is 11.4. The minimum atomic E-state index is -1.02. The second-order valence-electron chi connectivity index (χ2n) is 9.91. The van der Waals surface area contributed by atoms with Gasteiger partial charge in [-0.1, -0.05) is 24.3 Å². The molecule has 40 heavy (non-hydrogen) atoms. The number of fused-ring (bicyclic) bond motifs is 2. The van der Waals surface area contributed by atoms with Crippen LogP contribution in [0.1, 0.15) is 55.6 Å². The van der Waals surface area contributed by atoms with Gasteiger partial charge >= 0.3 is 11.9 Å². The first-order chi connectivity index (χ1) is 19.4. The Labute approximate surface area is 235 Å². The van der Waals surface area contributed by atoms with Crippen LogP contribution in [0.4, 0.5) is 5.69 Å². The number of benzene rings is 2. The first-order valence-electron chi connectivity index (χ1n) is 14.0. The Morgan fingerprint density at radius 1 is 1.00 bits per heavy atom. The molecule has 7 nitrogen and oxygen atoms in total. The molecule has 1 atom stereocenters. The number of carbonyl (C=O) groups excluding carboxylic acids is 1. The lowest BCUT2D eigenvalue weighted by molar-refractivity contribution is -0.519. The predicted molar refractivity (Wildman–Crippen MR) is 156 cm³/mol. The molecule has 0 spiro atoms. The van der Waals surface area contributed by atoms with Gasteiger partial charge in [0, 0.05) is 48.5 Å². The summed E-state index contributed by atoms with van der Waals surface area (Å²) in [5.41, 5.74) is 4.67. The van der Waals surface area contributed by atoms with Gasteiger partial charge in [-0.05, 0) is 69.5 Å². The third-order valence-electron chi connectivity index (χ3n) is 7.79. The Hall–Kier alpha value is -4.39. The summed E-state index contributed by atoms with van der Waals surface area (Å²) in [5, 5.41) is 9.94. The number of nitrogens with zero attached hydrogens (tertiary/aromatic N) is 2. The van der Waals surface area contributed by atoms with Gasteiger partial charge in [0.15, 0.2) is 0 Å². The lowest BCUT2D eigenvalue weighted by Gasteiger charge is -2.29. The molecule has 0 radical (unpaired) electrons. The highest BCUT2D eigenvalue weighted by Gasteiger charge is 2.35. The summed E-state index contributed by atoms with van der Waals surface area (Å²) in [6, 6.07) is 12.9. The van der Waals surface area contributed by atoms with Crippen LogP contribution in [-0.2, 0) is 9.53 Å². The van der Waals surface area contributed by atoms with Crippen molar-refractivity contribution in [1.82, 2.24) is 0 Å². The number of rotatable bonds is 7. The van der Waals surface area contributed by atoms with Gasteiger partial charge in [0.2, 0.25) is 5.71 Å². The first-order valence-corrected chi connectivity index (χ1v) is 14.0. The number of anilines is 1. The number of hydrogen-bond acceptors (Lipinski definition) is 5. The topological polar surface area (TPSA) is 79.1 Å². The van der Waals surface area contributed by atoms with Gasteiger partial charge in [0.05, 0.1) is 11.1 Å². The number of aromatic carboxylic acids is 1. The molecular weight excluding hydrogens is 504 g/mol. The minimum Gasteiger partial charge on any atom is -0.478 e. The molecule has 0 amide bonds. The van der Waals surface area contributed by atoms with E-state index in [0.717, 1.165) is 43.1 Å². The monoisotopic (exact) mass is 539 g/mol. The van der Waals surface area contributed by atoms with Crippen molar-refractivity contribution in [3.05, 3.63) is 101 Å². The van der Waals surface area contributed by atoms with Crippen LogP contribution in [0.15, 0.2) is 83.9 Å². The Kier molecular flexibility index (Phi) is 7.74. The molecule has 0 saturated carbocycles. The van der Waals surface area contributed by atoms with Gasteiger partial charge in [-0.25, -0.2) is 14.2 Å². The molecule has 7 heteroatoms. The molecule has 5 rings (SSSR count). The fourth-order valence-electron chi connectivity index (χ4n) is 5.58. The van der Waals surface area contributed by atoms with Gasteiger partial charge in [0.25, 0.3) is 0 Å². The zero-order valence-electron chi connectivity index (χ0n) is 23.4. The van der Waals surface area contributed by atoms with Crippen molar-refractivity contribution in [2.45, 2.75) is 34.1 Å². The number of allylic oxidation sites excluding steroid dienone is 4. The van der Waals surface area contributed by atoms with E-state index in [1.165, 1.54) is 0 Å². The number of ether oxygens (including phenoxy) is 2. The normalized spacial score (nSPS) is 19.6. The summed E-state index contributed by atoms with van der Waals surface area (Å²) in [6.45, 7) is 11.8. The quantitative estimate of drug-likeness (QED) is 0.271. The van der Waals surface area contributed by atoms with Gasteiger partial charge in [-0.2, -0.15) is 0 Å². The Balaban J connectivity index is 1.63. The molecule has 1 aliphatic carbocycles. The molecule has 206 valence electrons. The predicted octanol–water partition coefficient (Wildman–Crippen LogP) is 5.82. The average molecular weight is 540 g/mol. The van der Waals surface area contributed by atoms with Gasteiger partial charge < -0.3 is 19.5 Å². The second-order valence-corrected chi connectivity index (χ2v) is 9.91. The van der Waals surface area contributed by atoms with Crippen molar-refractivity contribution in [2.75, 3.05) is 31.1 Å². The third kappa shape index (κ3) is 4.99. The van der Waals surface area contributed by atoms with Crippen LogP contribution in [0, 0.1) is 5.92 Å². The summed E-state index contributed by atoms with van der Waals surface area (Å²) >= 11 is 0. The Bertz CT molecular complexity index is 1510. The van der Waals surface area contributed by atoms with Gasteiger partial charge in [0.1, 0.15) is 30.4 Å². The van der Waals surface area contributed by atoms with E-state index in [1.54, 1.807) is 24.3 Å². The molecule has 1 fully saturated rings. The third-order valence-corrected chi connectivity index (χ3v) is 7.79. The molecule has 1 unspecified atom stereocenters. The molecule has 2 aliphatic heterocycles. The van der Waals surface area contributed by atoms with Crippen molar-refractivity contribution in [2.24, 2.45) is 5.92 Å². The molecule has 1 saturated heterocycles. The highest BCUT2D eigenvalue weighted by atomic mass is 16.5. The van der Waals surface area contributed by atoms with Gasteiger partial charge in [-0.3, -0.25) is 0 Å². The maximum atomic E-state index is 13.4. The van der Waals surface area contributed by atoms with Crippen molar-refractivity contribution >= 4 is 28.9 Å².